The Morgan fingerprint density at radius 2 is 1.40 bits per heavy atom. The number of alkyl halides is 2. The molecule has 4 nitrogen and oxygen atoms in total. The van der Waals surface area contributed by atoms with E-state index in [2.05, 4.69) is 5.32 Å². The van der Waals surface area contributed by atoms with Crippen LogP contribution in [0, 0.1) is 0 Å². The van der Waals surface area contributed by atoms with Gasteiger partial charge in [0.2, 0.25) is 6.10 Å². The predicted molar refractivity (Wildman–Crippen MR) is 111 cm³/mol. The summed E-state index contributed by atoms with van der Waals surface area (Å²) in [4.78, 5) is 25.5. The number of rotatable bonds is 8. The summed E-state index contributed by atoms with van der Waals surface area (Å²) in [6, 6.07) is 24.6. The first kappa shape index (κ1) is 21.5. The molecule has 1 amide bonds. The summed E-state index contributed by atoms with van der Waals surface area (Å²) >= 11 is 0.350. The van der Waals surface area contributed by atoms with Crippen LogP contribution in [0.1, 0.15) is 22.0 Å². The number of thioether (sulfide) groups is 1. The highest BCUT2D eigenvalue weighted by atomic mass is 32.2. The molecule has 7 heteroatoms. The Hall–Kier alpha value is -3.19. The minimum absolute atomic E-state index is 0.260. The quantitative estimate of drug-likeness (QED) is 0.402. The summed E-state index contributed by atoms with van der Waals surface area (Å²) in [6.45, 7) is -0.905. The zero-order valence-corrected chi connectivity index (χ0v) is 16.7. The van der Waals surface area contributed by atoms with Gasteiger partial charge in [-0.3, -0.25) is 4.79 Å². The van der Waals surface area contributed by atoms with Crippen molar-refractivity contribution in [2.45, 2.75) is 16.3 Å². The Kier molecular flexibility index (Phi) is 7.19. The monoisotopic (exact) mass is 427 g/mol. The van der Waals surface area contributed by atoms with E-state index in [0.717, 1.165) is 0 Å². The fourth-order valence-corrected chi connectivity index (χ4v) is 3.41. The number of carbonyl (C=O) groups is 2. The van der Waals surface area contributed by atoms with Crippen LogP contribution in [0.2, 0.25) is 0 Å². The molecule has 0 aliphatic heterocycles. The van der Waals surface area contributed by atoms with Crippen molar-refractivity contribution < 1.29 is 23.1 Å². The fourth-order valence-electron chi connectivity index (χ4n) is 2.63. The smallest absolute Gasteiger partial charge is 0.339 e. The van der Waals surface area contributed by atoms with Gasteiger partial charge in [-0.2, -0.15) is 8.78 Å². The number of hydrogen-bond donors (Lipinski definition) is 1. The van der Waals surface area contributed by atoms with Gasteiger partial charge in [0.1, 0.15) is 0 Å². The second-order valence-corrected chi connectivity index (χ2v) is 7.61. The number of amides is 1. The van der Waals surface area contributed by atoms with E-state index in [1.54, 1.807) is 91.0 Å². The van der Waals surface area contributed by atoms with Crippen LogP contribution in [0.4, 0.5) is 8.78 Å². The average molecular weight is 427 g/mol. The molecule has 1 unspecified atom stereocenters. The molecule has 0 spiro atoms. The molecule has 30 heavy (non-hydrogen) atoms. The predicted octanol–water partition coefficient (Wildman–Crippen LogP) is 5.09. The lowest BCUT2D eigenvalue weighted by Gasteiger charge is -2.21. The average Bonchev–Trinajstić information content (AvgIpc) is 2.77. The van der Waals surface area contributed by atoms with Gasteiger partial charge in [0, 0.05) is 10.5 Å². The summed E-state index contributed by atoms with van der Waals surface area (Å²) < 4.78 is 34.0. The number of nitrogens with one attached hydrogen (secondary N) is 1. The molecule has 0 radical (unpaired) electrons. The minimum atomic E-state index is -3.23. The lowest BCUT2D eigenvalue weighted by atomic mass is 10.1. The number of hydrogen-bond acceptors (Lipinski definition) is 4. The zero-order valence-electron chi connectivity index (χ0n) is 15.8. The summed E-state index contributed by atoms with van der Waals surface area (Å²) in [6.07, 6.45) is -1.35. The second-order valence-electron chi connectivity index (χ2n) is 6.33. The molecule has 0 heterocycles. The molecule has 0 saturated carbocycles. The molecule has 0 aliphatic rings. The van der Waals surface area contributed by atoms with Crippen LogP contribution in [-0.4, -0.2) is 23.7 Å². The third-order valence-electron chi connectivity index (χ3n) is 4.05. The van der Waals surface area contributed by atoms with Crippen LogP contribution in [0.5, 0.6) is 0 Å². The van der Waals surface area contributed by atoms with Crippen molar-refractivity contribution in [3.8, 4) is 0 Å². The largest absolute Gasteiger partial charge is 0.444 e. The molecule has 0 saturated heterocycles. The van der Waals surface area contributed by atoms with Gasteiger partial charge in [0.25, 0.3) is 5.91 Å². The first-order valence-electron chi connectivity index (χ1n) is 9.15. The van der Waals surface area contributed by atoms with Gasteiger partial charge >= 0.3 is 11.2 Å². The normalized spacial score (nSPS) is 12.1. The Morgan fingerprint density at radius 3 is 2.00 bits per heavy atom. The summed E-state index contributed by atoms with van der Waals surface area (Å²) in [5.74, 6) is -1.54. The lowest BCUT2D eigenvalue weighted by Crippen LogP contribution is -2.38. The molecule has 0 fully saturated rings. The third kappa shape index (κ3) is 6.15. The van der Waals surface area contributed by atoms with Gasteiger partial charge < -0.3 is 10.1 Å². The maximum atomic E-state index is 14.3. The first-order valence-corrected chi connectivity index (χ1v) is 9.97. The second kappa shape index (κ2) is 10.0. The number of halogens is 2. The molecule has 0 aromatic heterocycles. The maximum absolute atomic E-state index is 14.3. The minimum Gasteiger partial charge on any atom is -0.444 e. The van der Waals surface area contributed by atoms with Gasteiger partial charge in [0.15, 0.2) is 0 Å². The Balaban J connectivity index is 1.70. The number of benzene rings is 3. The van der Waals surface area contributed by atoms with Crippen LogP contribution < -0.4 is 5.32 Å². The SMILES string of the molecule is O=C(OC(C(=O)NCC(F)(F)Sc1ccccc1)c1ccccc1)c1ccccc1. The maximum Gasteiger partial charge on any atom is 0.339 e. The van der Waals surface area contributed by atoms with Crippen molar-refractivity contribution in [3.05, 3.63) is 102 Å². The van der Waals surface area contributed by atoms with Crippen LogP contribution in [-0.2, 0) is 9.53 Å². The molecule has 1 N–H and O–H groups in total. The van der Waals surface area contributed by atoms with Crippen LogP contribution in [0.3, 0.4) is 0 Å². The summed E-state index contributed by atoms with van der Waals surface area (Å²) in [5, 5.41) is -1.02. The summed E-state index contributed by atoms with van der Waals surface area (Å²) in [5.41, 5.74) is 0.648. The Labute approximate surface area is 177 Å². The van der Waals surface area contributed by atoms with E-state index in [1.165, 1.54) is 0 Å². The van der Waals surface area contributed by atoms with Gasteiger partial charge in [0.05, 0.1) is 12.1 Å². The molecule has 1 atom stereocenters. The van der Waals surface area contributed by atoms with E-state index in [-0.39, 0.29) is 5.56 Å². The number of esters is 1. The standard InChI is InChI=1S/C23H19F2NO3S/c24-23(25,30-19-14-8-3-9-15-19)16-26-21(27)20(17-10-4-1-5-11-17)29-22(28)18-12-6-2-7-13-18/h1-15,20H,16H2,(H,26,27). The van der Waals surface area contributed by atoms with Crippen molar-refractivity contribution in [3.63, 3.8) is 0 Å². The van der Waals surface area contributed by atoms with E-state index in [9.17, 15) is 18.4 Å². The van der Waals surface area contributed by atoms with Crippen molar-refractivity contribution >= 4 is 23.6 Å². The molecule has 0 aliphatic carbocycles. The van der Waals surface area contributed by atoms with Crippen molar-refractivity contribution in [1.29, 1.82) is 0 Å². The van der Waals surface area contributed by atoms with Gasteiger partial charge in [-0.1, -0.05) is 78.5 Å². The van der Waals surface area contributed by atoms with E-state index in [1.807, 2.05) is 0 Å². The van der Waals surface area contributed by atoms with Gasteiger partial charge in [-0.05, 0) is 24.3 Å². The van der Waals surface area contributed by atoms with Crippen LogP contribution in [0.25, 0.3) is 0 Å². The van der Waals surface area contributed by atoms with Crippen molar-refractivity contribution in [2.24, 2.45) is 0 Å². The molecular formula is C23H19F2NO3S. The van der Waals surface area contributed by atoms with Crippen LogP contribution in [0.15, 0.2) is 95.9 Å². The van der Waals surface area contributed by atoms with Gasteiger partial charge in [-0.15, -0.1) is 0 Å². The molecular weight excluding hydrogens is 408 g/mol. The topological polar surface area (TPSA) is 55.4 Å². The summed E-state index contributed by atoms with van der Waals surface area (Å²) in [7, 11) is 0. The first-order chi connectivity index (χ1) is 14.4. The van der Waals surface area contributed by atoms with E-state index >= 15 is 0 Å². The highest BCUT2D eigenvalue weighted by Gasteiger charge is 2.33. The molecule has 154 valence electrons. The molecule has 0 bridgehead atoms. The van der Waals surface area contributed by atoms with Crippen molar-refractivity contribution in [1.82, 2.24) is 5.32 Å². The third-order valence-corrected chi connectivity index (χ3v) is 5.00. The van der Waals surface area contributed by atoms with Crippen LogP contribution >= 0.6 is 11.8 Å². The molecule has 3 aromatic carbocycles. The Bertz CT molecular complexity index is 970. The van der Waals surface area contributed by atoms with Gasteiger partial charge in [-0.25, -0.2) is 4.79 Å². The molecule has 3 aromatic rings. The van der Waals surface area contributed by atoms with E-state index < -0.39 is 29.8 Å². The highest BCUT2D eigenvalue weighted by Crippen LogP contribution is 2.35. The van der Waals surface area contributed by atoms with Crippen molar-refractivity contribution in [2.75, 3.05) is 6.54 Å². The Morgan fingerprint density at radius 1 is 0.867 bits per heavy atom. The molecule has 3 rings (SSSR count). The van der Waals surface area contributed by atoms with E-state index in [4.69, 9.17) is 4.74 Å². The zero-order chi connectivity index (χ0) is 21.4. The fraction of sp³-hybridized carbons (Fsp3) is 0.130. The highest BCUT2D eigenvalue weighted by molar-refractivity contribution is 8.00. The number of carbonyl (C=O) groups excluding carboxylic acids is 2. The van der Waals surface area contributed by atoms with E-state index in [0.29, 0.717) is 22.2 Å². The lowest BCUT2D eigenvalue weighted by molar-refractivity contribution is -0.131. The number of ether oxygens (including phenoxy) is 1.